The molecule has 3 aromatic rings. The van der Waals surface area contributed by atoms with Crippen LogP contribution in [-0.4, -0.2) is 67.0 Å². The molecule has 0 saturated carbocycles. The molecule has 4 atom stereocenters. The highest BCUT2D eigenvalue weighted by Gasteiger charge is 2.40. The van der Waals surface area contributed by atoms with Crippen molar-refractivity contribution in [1.29, 1.82) is 0 Å². The summed E-state index contributed by atoms with van der Waals surface area (Å²) in [6.07, 6.45) is -6.35. The van der Waals surface area contributed by atoms with E-state index in [4.69, 9.17) is 13.9 Å². The first-order valence-corrected chi connectivity index (χ1v) is 9.05. The number of aromatic hydroxyl groups is 4. The Bertz CT molecular complexity index is 1200. The maximum Gasteiger partial charge on any atom is 0.239 e. The zero-order chi connectivity index (χ0) is 22.4. The van der Waals surface area contributed by atoms with E-state index < -0.39 is 59.6 Å². The van der Waals surface area contributed by atoms with Crippen LogP contribution in [0.4, 0.5) is 0 Å². The summed E-state index contributed by atoms with van der Waals surface area (Å²) >= 11 is 0. The zero-order valence-corrected chi connectivity index (χ0v) is 15.7. The van der Waals surface area contributed by atoms with Gasteiger partial charge >= 0.3 is 0 Å². The van der Waals surface area contributed by atoms with E-state index in [1.165, 1.54) is 12.1 Å². The Morgan fingerprint density at radius 1 is 0.903 bits per heavy atom. The molecule has 164 valence electrons. The molecule has 1 fully saturated rings. The van der Waals surface area contributed by atoms with Gasteiger partial charge in [0.05, 0.1) is 12.2 Å². The predicted molar refractivity (Wildman–Crippen MR) is 103 cm³/mol. The van der Waals surface area contributed by atoms with E-state index in [0.29, 0.717) is 0 Å². The highest BCUT2D eigenvalue weighted by atomic mass is 16.7. The van der Waals surface area contributed by atoms with Gasteiger partial charge in [0, 0.05) is 18.2 Å². The van der Waals surface area contributed by atoms with Crippen LogP contribution in [0, 0.1) is 0 Å². The number of phenols is 4. The van der Waals surface area contributed by atoms with Gasteiger partial charge in [-0.05, 0) is 12.1 Å². The molecule has 1 saturated heterocycles. The maximum absolute atomic E-state index is 13.2. The van der Waals surface area contributed by atoms with Crippen molar-refractivity contribution in [3.8, 4) is 40.1 Å². The Balaban J connectivity index is 1.93. The SMILES string of the molecule is O=c1c(O[C@H]2OC[C@H](O)[C@@H](O)[C@H]2O)c(-c2ccc(O)cc2O)oc2cc(O)cc(O)c12. The van der Waals surface area contributed by atoms with Gasteiger partial charge in [0.2, 0.25) is 17.5 Å². The van der Waals surface area contributed by atoms with Crippen molar-refractivity contribution >= 4 is 11.0 Å². The molecule has 31 heavy (non-hydrogen) atoms. The molecule has 0 aliphatic carbocycles. The summed E-state index contributed by atoms with van der Waals surface area (Å²) < 4.78 is 16.3. The number of hydrogen-bond acceptors (Lipinski definition) is 11. The fourth-order valence-corrected chi connectivity index (χ4v) is 3.26. The summed E-state index contributed by atoms with van der Waals surface area (Å²) in [5.74, 6) is -2.73. The van der Waals surface area contributed by atoms with E-state index in [9.17, 15) is 40.5 Å². The Kier molecular flexibility index (Phi) is 5.11. The first-order chi connectivity index (χ1) is 14.7. The quantitative estimate of drug-likeness (QED) is 0.296. The number of aliphatic hydroxyl groups is 3. The highest BCUT2D eigenvalue weighted by molar-refractivity contribution is 5.88. The van der Waals surface area contributed by atoms with Crippen LogP contribution in [0.2, 0.25) is 0 Å². The molecule has 0 radical (unpaired) electrons. The molecule has 11 nitrogen and oxygen atoms in total. The van der Waals surface area contributed by atoms with Crippen LogP contribution >= 0.6 is 0 Å². The molecule has 0 bridgehead atoms. The number of fused-ring (bicyclic) bond motifs is 1. The molecule has 2 aromatic carbocycles. The van der Waals surface area contributed by atoms with Gasteiger partial charge in [0.25, 0.3) is 0 Å². The minimum Gasteiger partial charge on any atom is -0.508 e. The molecule has 4 rings (SSSR count). The Hall–Kier alpha value is -3.51. The number of ether oxygens (including phenoxy) is 2. The smallest absolute Gasteiger partial charge is 0.239 e. The van der Waals surface area contributed by atoms with E-state index in [1.54, 1.807) is 0 Å². The van der Waals surface area contributed by atoms with Crippen LogP contribution < -0.4 is 10.2 Å². The summed E-state index contributed by atoms with van der Waals surface area (Å²) in [6, 6.07) is 5.38. The third-order valence-electron chi connectivity index (χ3n) is 4.83. The van der Waals surface area contributed by atoms with E-state index in [0.717, 1.165) is 18.2 Å². The fourth-order valence-electron chi connectivity index (χ4n) is 3.26. The van der Waals surface area contributed by atoms with Crippen LogP contribution in [0.25, 0.3) is 22.3 Å². The standard InChI is InChI=1S/C20H18O11/c21-7-1-2-9(10(23)3-7)18-19(31-20-17(28)15(26)12(25)6-29-20)16(27)14-11(24)4-8(22)5-13(14)30-18/h1-5,12,15,17,20-26,28H,6H2/t12-,15+,17+,20+/m0/s1. The molecule has 0 spiro atoms. The molecular weight excluding hydrogens is 416 g/mol. The summed E-state index contributed by atoms with van der Waals surface area (Å²) in [5.41, 5.74) is -1.27. The first-order valence-electron chi connectivity index (χ1n) is 9.05. The molecule has 0 amide bonds. The lowest BCUT2D eigenvalue weighted by Crippen LogP contribution is -2.55. The second-order valence-corrected chi connectivity index (χ2v) is 7.00. The lowest BCUT2D eigenvalue weighted by Gasteiger charge is -2.34. The molecule has 0 unspecified atom stereocenters. The van der Waals surface area contributed by atoms with Gasteiger partial charge in [-0.25, -0.2) is 0 Å². The minimum absolute atomic E-state index is 0.0967. The zero-order valence-electron chi connectivity index (χ0n) is 15.7. The lowest BCUT2D eigenvalue weighted by molar-refractivity contribution is -0.242. The summed E-state index contributed by atoms with van der Waals surface area (Å²) in [6.45, 7) is -0.402. The Morgan fingerprint density at radius 2 is 1.61 bits per heavy atom. The normalized spacial score (nSPS) is 23.7. The second-order valence-electron chi connectivity index (χ2n) is 7.00. The second kappa shape index (κ2) is 7.63. The fraction of sp³-hybridized carbons (Fsp3) is 0.250. The van der Waals surface area contributed by atoms with Crippen molar-refractivity contribution in [1.82, 2.24) is 0 Å². The Labute approximate surface area is 173 Å². The Morgan fingerprint density at radius 3 is 2.32 bits per heavy atom. The lowest BCUT2D eigenvalue weighted by atomic mass is 10.1. The third-order valence-corrected chi connectivity index (χ3v) is 4.83. The van der Waals surface area contributed by atoms with Crippen molar-refractivity contribution in [3.05, 3.63) is 40.6 Å². The van der Waals surface area contributed by atoms with Crippen LogP contribution in [0.15, 0.2) is 39.5 Å². The largest absolute Gasteiger partial charge is 0.508 e. The molecule has 1 aliphatic heterocycles. The van der Waals surface area contributed by atoms with Crippen molar-refractivity contribution in [2.75, 3.05) is 6.61 Å². The van der Waals surface area contributed by atoms with E-state index in [1.807, 2.05) is 0 Å². The number of rotatable bonds is 3. The van der Waals surface area contributed by atoms with Gasteiger partial charge in [-0.15, -0.1) is 0 Å². The topological polar surface area (TPSA) is 190 Å². The van der Waals surface area contributed by atoms with Gasteiger partial charge in [-0.2, -0.15) is 0 Å². The molecule has 1 aliphatic rings. The summed E-state index contributed by atoms with van der Waals surface area (Å²) in [5, 5.41) is 68.9. The van der Waals surface area contributed by atoms with Crippen LogP contribution in [-0.2, 0) is 4.74 Å². The highest BCUT2D eigenvalue weighted by Crippen LogP contribution is 2.40. The first kappa shape index (κ1) is 20.8. The van der Waals surface area contributed by atoms with Crippen molar-refractivity contribution in [2.24, 2.45) is 0 Å². The number of hydrogen-bond donors (Lipinski definition) is 7. The van der Waals surface area contributed by atoms with E-state index >= 15 is 0 Å². The third kappa shape index (κ3) is 3.59. The van der Waals surface area contributed by atoms with Gasteiger partial charge in [-0.3, -0.25) is 4.79 Å². The minimum atomic E-state index is -1.74. The average molecular weight is 434 g/mol. The van der Waals surface area contributed by atoms with Gasteiger partial charge in [0.15, 0.2) is 5.76 Å². The summed E-state index contributed by atoms with van der Waals surface area (Å²) in [7, 11) is 0. The van der Waals surface area contributed by atoms with Crippen molar-refractivity contribution in [2.45, 2.75) is 24.6 Å². The van der Waals surface area contributed by atoms with Crippen molar-refractivity contribution < 1.29 is 49.6 Å². The monoisotopic (exact) mass is 434 g/mol. The van der Waals surface area contributed by atoms with E-state index in [2.05, 4.69) is 0 Å². The number of benzene rings is 2. The summed E-state index contributed by atoms with van der Waals surface area (Å²) in [4.78, 5) is 13.2. The predicted octanol–water partition coefficient (Wildman–Crippen LogP) is 0.100. The molecule has 11 heteroatoms. The van der Waals surface area contributed by atoms with Crippen LogP contribution in [0.5, 0.6) is 28.7 Å². The van der Waals surface area contributed by atoms with E-state index in [-0.39, 0.29) is 28.0 Å². The maximum atomic E-state index is 13.2. The van der Waals surface area contributed by atoms with Crippen molar-refractivity contribution in [3.63, 3.8) is 0 Å². The van der Waals surface area contributed by atoms with Gasteiger partial charge in [-0.1, -0.05) is 0 Å². The molecule has 1 aromatic heterocycles. The van der Waals surface area contributed by atoms with Gasteiger partial charge in [0.1, 0.15) is 52.3 Å². The molecule has 2 heterocycles. The average Bonchev–Trinajstić information content (AvgIpc) is 2.69. The van der Waals surface area contributed by atoms with Crippen LogP contribution in [0.3, 0.4) is 0 Å². The molecular formula is C20H18O11. The van der Waals surface area contributed by atoms with Gasteiger partial charge < -0.3 is 49.6 Å². The molecule has 7 N–H and O–H groups in total. The van der Waals surface area contributed by atoms with Crippen LogP contribution in [0.1, 0.15) is 0 Å². The number of phenolic OH excluding ortho intramolecular Hbond substituents is 4. The number of aliphatic hydroxyl groups excluding tert-OH is 3.